The zero-order chi connectivity index (χ0) is 26.1. The average molecular weight is 495 g/mol. The highest BCUT2D eigenvalue weighted by molar-refractivity contribution is 6.04. The highest BCUT2D eigenvalue weighted by atomic mass is 16.5. The second kappa shape index (κ2) is 9.73. The molecule has 0 bridgehead atoms. The number of esters is 1. The van der Waals surface area contributed by atoms with Gasteiger partial charge in [-0.2, -0.15) is 5.10 Å². The van der Waals surface area contributed by atoms with Crippen molar-refractivity contribution < 1.29 is 19.1 Å². The number of hydrogen-bond acceptors (Lipinski definition) is 5. The minimum atomic E-state index is -0.906. The molecule has 0 aliphatic carbocycles. The molecule has 2 heterocycles. The zero-order valence-electron chi connectivity index (χ0n) is 20.7. The maximum atomic E-state index is 13.5. The van der Waals surface area contributed by atoms with Crippen molar-refractivity contribution in [3.63, 3.8) is 0 Å². The number of amides is 2. The summed E-state index contributed by atoms with van der Waals surface area (Å²) >= 11 is 0. The van der Waals surface area contributed by atoms with E-state index in [4.69, 9.17) is 9.84 Å². The molecule has 0 saturated heterocycles. The monoisotopic (exact) mass is 494 g/mol. The molecule has 2 amide bonds. The summed E-state index contributed by atoms with van der Waals surface area (Å²) in [7, 11) is 1.33. The van der Waals surface area contributed by atoms with Gasteiger partial charge in [0.25, 0.3) is 5.91 Å². The van der Waals surface area contributed by atoms with Crippen LogP contribution in [0.25, 0.3) is 5.69 Å². The molecule has 5 rings (SSSR count). The first-order valence-electron chi connectivity index (χ1n) is 11.9. The number of ether oxygens (including phenoxy) is 1. The van der Waals surface area contributed by atoms with E-state index in [1.807, 2.05) is 50.2 Å². The maximum Gasteiger partial charge on any atom is 0.337 e. The molecule has 2 atom stereocenters. The molecule has 186 valence electrons. The first kappa shape index (κ1) is 24.0. The van der Waals surface area contributed by atoms with Crippen LogP contribution in [0.5, 0.6) is 0 Å². The second-order valence-corrected chi connectivity index (χ2v) is 9.00. The van der Waals surface area contributed by atoms with Gasteiger partial charge >= 0.3 is 5.97 Å². The highest BCUT2D eigenvalue weighted by Gasteiger charge is 2.42. The van der Waals surface area contributed by atoms with Gasteiger partial charge in [0, 0.05) is 17.0 Å². The van der Waals surface area contributed by atoms with Crippen molar-refractivity contribution in [1.29, 1.82) is 0 Å². The van der Waals surface area contributed by atoms with Crippen LogP contribution in [0.3, 0.4) is 0 Å². The quantitative estimate of drug-likeness (QED) is 0.406. The summed E-state index contributed by atoms with van der Waals surface area (Å²) < 4.78 is 6.53. The highest BCUT2D eigenvalue weighted by Crippen LogP contribution is 2.40. The van der Waals surface area contributed by atoms with E-state index in [0.717, 1.165) is 28.1 Å². The lowest BCUT2D eigenvalue weighted by Gasteiger charge is -2.33. The van der Waals surface area contributed by atoms with Gasteiger partial charge in [0.05, 0.1) is 24.1 Å². The Morgan fingerprint density at radius 3 is 2.35 bits per heavy atom. The number of nitrogens with one attached hydrogen (secondary N) is 2. The van der Waals surface area contributed by atoms with E-state index in [-0.39, 0.29) is 11.8 Å². The smallest absolute Gasteiger partial charge is 0.337 e. The topological polar surface area (TPSA) is 102 Å². The van der Waals surface area contributed by atoms with Gasteiger partial charge in [-0.3, -0.25) is 9.59 Å². The number of hydrogen-bond donors (Lipinski definition) is 2. The fourth-order valence-corrected chi connectivity index (χ4v) is 4.76. The first-order valence-corrected chi connectivity index (χ1v) is 11.9. The number of carbonyl (C=O) groups excluding carboxylic acids is 3. The second-order valence-electron chi connectivity index (χ2n) is 9.00. The van der Waals surface area contributed by atoms with Crippen LogP contribution in [0.2, 0.25) is 0 Å². The first-order chi connectivity index (χ1) is 17.9. The van der Waals surface area contributed by atoms with Crippen LogP contribution in [0.15, 0.2) is 78.9 Å². The summed E-state index contributed by atoms with van der Waals surface area (Å²) in [5, 5.41) is 10.7. The van der Waals surface area contributed by atoms with Gasteiger partial charge in [0.15, 0.2) is 0 Å². The van der Waals surface area contributed by atoms with Crippen LogP contribution in [-0.4, -0.2) is 40.7 Å². The van der Waals surface area contributed by atoms with Crippen molar-refractivity contribution in [2.75, 3.05) is 12.4 Å². The molecule has 3 aromatic carbocycles. The Balaban J connectivity index is 1.62. The van der Waals surface area contributed by atoms with Crippen LogP contribution in [0.1, 0.15) is 49.0 Å². The Morgan fingerprint density at radius 2 is 1.68 bits per heavy atom. The molecule has 1 aromatic heterocycles. The minimum absolute atomic E-state index is 0.350. The van der Waals surface area contributed by atoms with Gasteiger partial charge in [0.2, 0.25) is 5.91 Å². The van der Waals surface area contributed by atoms with E-state index in [0.29, 0.717) is 16.9 Å². The number of aryl methyl sites for hydroxylation is 2. The molecule has 0 radical (unpaired) electrons. The van der Waals surface area contributed by atoms with Crippen molar-refractivity contribution in [2.24, 2.45) is 0 Å². The molecule has 8 nitrogen and oxygen atoms in total. The summed E-state index contributed by atoms with van der Waals surface area (Å²) in [5.74, 6) is -1.14. The molecule has 0 unspecified atom stereocenters. The van der Waals surface area contributed by atoms with E-state index >= 15 is 0 Å². The summed E-state index contributed by atoms with van der Waals surface area (Å²) in [6.45, 7) is 3.79. The standard InChI is InChI=1S/C29H26N4O4/c1-17-8-7-9-21(16-17)27(34)30-25-24(19-12-14-20(15-13-19)29(36)37-3)23-18(2)32-33(26(23)31-28(25)35)22-10-5-4-6-11-22/h4-16,24-25H,1-3H3,(H,30,34)(H,31,35)/t24-,25+/m1/s1. The van der Waals surface area contributed by atoms with Crippen molar-refractivity contribution in [1.82, 2.24) is 15.1 Å². The lowest BCUT2D eigenvalue weighted by Crippen LogP contribution is -2.50. The Labute approximate surface area is 214 Å². The molecule has 0 saturated carbocycles. The number of carbonyl (C=O) groups is 3. The molecule has 8 heteroatoms. The number of aromatic nitrogens is 2. The van der Waals surface area contributed by atoms with E-state index in [1.54, 1.807) is 47.1 Å². The van der Waals surface area contributed by atoms with Crippen molar-refractivity contribution in [2.45, 2.75) is 25.8 Å². The van der Waals surface area contributed by atoms with Crippen molar-refractivity contribution in [3.8, 4) is 5.69 Å². The van der Waals surface area contributed by atoms with Gasteiger partial charge < -0.3 is 15.4 Å². The molecule has 1 aliphatic heterocycles. The predicted octanol–water partition coefficient (Wildman–Crippen LogP) is 4.16. The van der Waals surface area contributed by atoms with Crippen LogP contribution < -0.4 is 10.6 Å². The maximum absolute atomic E-state index is 13.5. The number of methoxy groups -OCH3 is 1. The van der Waals surface area contributed by atoms with E-state index < -0.39 is 17.9 Å². The molecule has 2 N–H and O–H groups in total. The normalized spacial score (nSPS) is 16.5. The SMILES string of the molecule is COC(=O)c1ccc([C@@H]2c3c(C)nn(-c4ccccc4)c3NC(=O)[C@H]2NC(=O)c2cccc(C)c2)cc1. The third kappa shape index (κ3) is 4.49. The Kier molecular flexibility index (Phi) is 6.31. The average Bonchev–Trinajstić information content (AvgIpc) is 3.24. The summed E-state index contributed by atoms with van der Waals surface area (Å²) in [4.78, 5) is 38.8. The number of fused-ring (bicyclic) bond motifs is 1. The lowest BCUT2D eigenvalue weighted by atomic mass is 9.81. The number of para-hydroxylation sites is 1. The van der Waals surface area contributed by atoms with Crippen LogP contribution in [-0.2, 0) is 9.53 Å². The van der Waals surface area contributed by atoms with E-state index in [1.165, 1.54) is 7.11 Å². The van der Waals surface area contributed by atoms with E-state index in [9.17, 15) is 14.4 Å². The minimum Gasteiger partial charge on any atom is -0.465 e. The fraction of sp³-hybridized carbons (Fsp3) is 0.172. The van der Waals surface area contributed by atoms with Crippen molar-refractivity contribution in [3.05, 3.63) is 112 Å². The van der Waals surface area contributed by atoms with Crippen molar-refractivity contribution >= 4 is 23.6 Å². The predicted molar refractivity (Wildman–Crippen MR) is 139 cm³/mol. The van der Waals surface area contributed by atoms with Gasteiger partial charge in [-0.1, -0.05) is 48.0 Å². The number of benzene rings is 3. The number of anilines is 1. The number of nitrogens with zero attached hydrogens (tertiary/aromatic N) is 2. The van der Waals surface area contributed by atoms with Gasteiger partial charge in [-0.05, 0) is 55.8 Å². The molecule has 37 heavy (non-hydrogen) atoms. The zero-order valence-corrected chi connectivity index (χ0v) is 20.7. The molecule has 1 aliphatic rings. The van der Waals surface area contributed by atoms with Crippen LogP contribution in [0.4, 0.5) is 5.82 Å². The van der Waals surface area contributed by atoms with Gasteiger partial charge in [-0.25, -0.2) is 9.48 Å². The summed E-state index contributed by atoms with van der Waals surface area (Å²) in [6, 6.07) is 22.7. The van der Waals surface area contributed by atoms with E-state index in [2.05, 4.69) is 10.6 Å². The van der Waals surface area contributed by atoms with Crippen LogP contribution >= 0.6 is 0 Å². The summed E-state index contributed by atoms with van der Waals surface area (Å²) in [6.07, 6.45) is 0. The number of rotatable bonds is 5. The molecule has 0 spiro atoms. The lowest BCUT2D eigenvalue weighted by molar-refractivity contribution is -0.118. The van der Waals surface area contributed by atoms with Gasteiger partial charge in [0.1, 0.15) is 11.9 Å². The Morgan fingerprint density at radius 1 is 0.946 bits per heavy atom. The summed E-state index contributed by atoms with van der Waals surface area (Å²) in [5.41, 5.74) is 4.87. The molecular formula is C29H26N4O4. The van der Waals surface area contributed by atoms with Gasteiger partial charge in [-0.15, -0.1) is 0 Å². The third-order valence-corrected chi connectivity index (χ3v) is 6.53. The molecular weight excluding hydrogens is 468 g/mol. The van der Waals surface area contributed by atoms with Crippen LogP contribution in [0, 0.1) is 13.8 Å². The molecule has 4 aromatic rings. The molecule has 0 fully saturated rings. The Bertz CT molecular complexity index is 1490. The largest absolute Gasteiger partial charge is 0.465 e. The Hall–Kier alpha value is -4.72. The third-order valence-electron chi connectivity index (χ3n) is 6.53. The fourth-order valence-electron chi connectivity index (χ4n) is 4.76.